The molecule has 0 saturated carbocycles. The van der Waals surface area contributed by atoms with Crippen LogP contribution in [0.5, 0.6) is 0 Å². The van der Waals surface area contributed by atoms with Crippen molar-refractivity contribution in [3.05, 3.63) is 0 Å². The largest absolute Gasteiger partial charge is 1.00 e. The minimum atomic E-state index is -2.66. The Balaban J connectivity index is 0. The molecule has 0 aliphatic heterocycles. The molecule has 0 bridgehead atoms. The molecule has 0 fully saturated rings. The molecule has 132 valence electrons. The van der Waals surface area contributed by atoms with E-state index in [1.807, 2.05) is 0 Å². The SMILES string of the molecule is CCCCCCCCCCCCCCCCC(O)(O)C(=O)[O-].[Na+]. The predicted molar refractivity (Wildman–Crippen MR) is 87.1 cm³/mol. The molecule has 0 heterocycles. The van der Waals surface area contributed by atoms with Gasteiger partial charge in [0.05, 0.1) is 0 Å². The van der Waals surface area contributed by atoms with Crippen molar-refractivity contribution in [2.45, 2.75) is 109 Å². The van der Waals surface area contributed by atoms with Crippen molar-refractivity contribution < 1.29 is 49.7 Å². The topological polar surface area (TPSA) is 80.6 Å². The van der Waals surface area contributed by atoms with Crippen molar-refractivity contribution in [3.8, 4) is 0 Å². The Labute approximate surface area is 164 Å². The number of carbonyl (C=O) groups excluding carboxylic acids is 1. The van der Waals surface area contributed by atoms with Crippen LogP contribution in [-0.4, -0.2) is 22.0 Å². The standard InChI is InChI=1S/C18H36O4.Na/c1-2-3-4-5-6-7-8-9-10-11-12-13-14-15-16-18(21,22)17(19)20;/h21-22H,2-16H2,1H3,(H,19,20);/q;+1/p-1. The molecule has 0 aliphatic carbocycles. The van der Waals surface area contributed by atoms with Crippen LogP contribution in [0.4, 0.5) is 0 Å². The van der Waals surface area contributed by atoms with Gasteiger partial charge in [0, 0.05) is 6.42 Å². The number of aliphatic carboxylic acids is 1. The number of rotatable bonds is 16. The third-order valence-corrected chi connectivity index (χ3v) is 4.21. The summed E-state index contributed by atoms with van der Waals surface area (Å²) in [6, 6.07) is 0. The van der Waals surface area contributed by atoms with Gasteiger partial charge in [-0.25, -0.2) is 0 Å². The summed E-state index contributed by atoms with van der Waals surface area (Å²) in [4.78, 5) is 10.4. The van der Waals surface area contributed by atoms with E-state index >= 15 is 0 Å². The van der Waals surface area contributed by atoms with Crippen molar-refractivity contribution in [2.75, 3.05) is 0 Å². The number of unbranched alkanes of at least 4 members (excludes halogenated alkanes) is 13. The Morgan fingerprint density at radius 3 is 1.35 bits per heavy atom. The van der Waals surface area contributed by atoms with Crippen molar-refractivity contribution in [2.24, 2.45) is 0 Å². The molecule has 0 radical (unpaired) electrons. The average molecular weight is 338 g/mol. The van der Waals surface area contributed by atoms with E-state index in [-0.39, 0.29) is 36.0 Å². The molecule has 0 unspecified atom stereocenters. The van der Waals surface area contributed by atoms with Crippen LogP contribution < -0.4 is 34.7 Å². The van der Waals surface area contributed by atoms with Gasteiger partial charge in [-0.1, -0.05) is 90.4 Å². The molecular formula is C18H35NaO4. The fourth-order valence-corrected chi connectivity index (χ4v) is 2.67. The maximum absolute atomic E-state index is 10.4. The van der Waals surface area contributed by atoms with Crippen molar-refractivity contribution >= 4 is 5.97 Å². The Kier molecular flexibility index (Phi) is 19.2. The van der Waals surface area contributed by atoms with Gasteiger partial charge in [0.25, 0.3) is 0 Å². The average Bonchev–Trinajstić information content (AvgIpc) is 2.47. The molecule has 0 rings (SSSR count). The summed E-state index contributed by atoms with van der Waals surface area (Å²) in [6.07, 6.45) is 16.7. The second-order valence-electron chi connectivity index (χ2n) is 6.45. The van der Waals surface area contributed by atoms with Gasteiger partial charge in [-0.2, -0.15) is 0 Å². The summed E-state index contributed by atoms with van der Waals surface area (Å²) in [7, 11) is 0. The minimum Gasteiger partial charge on any atom is -0.544 e. The van der Waals surface area contributed by atoms with Crippen LogP contribution in [0.25, 0.3) is 0 Å². The van der Waals surface area contributed by atoms with E-state index in [1.54, 1.807) is 0 Å². The third-order valence-electron chi connectivity index (χ3n) is 4.21. The zero-order valence-corrected chi connectivity index (χ0v) is 17.3. The normalized spacial score (nSPS) is 11.3. The molecule has 23 heavy (non-hydrogen) atoms. The fourth-order valence-electron chi connectivity index (χ4n) is 2.67. The van der Waals surface area contributed by atoms with Gasteiger partial charge >= 0.3 is 29.6 Å². The first-order chi connectivity index (χ1) is 10.5. The van der Waals surface area contributed by atoms with E-state index in [9.17, 15) is 9.90 Å². The summed E-state index contributed by atoms with van der Waals surface area (Å²) in [5.74, 6) is -4.46. The molecule has 5 heteroatoms. The molecule has 0 atom stereocenters. The van der Waals surface area contributed by atoms with Crippen molar-refractivity contribution in [1.82, 2.24) is 0 Å². The Bertz CT molecular complexity index is 270. The second kappa shape index (κ2) is 17.2. The molecule has 0 aromatic heterocycles. The monoisotopic (exact) mass is 338 g/mol. The van der Waals surface area contributed by atoms with Gasteiger partial charge in [0.15, 0.2) is 0 Å². The van der Waals surface area contributed by atoms with Crippen LogP contribution in [0.1, 0.15) is 103 Å². The third kappa shape index (κ3) is 17.0. The summed E-state index contributed by atoms with van der Waals surface area (Å²) < 4.78 is 0. The maximum atomic E-state index is 10.4. The Morgan fingerprint density at radius 2 is 1.04 bits per heavy atom. The number of aliphatic hydroxyl groups is 2. The quantitative estimate of drug-likeness (QED) is 0.241. The van der Waals surface area contributed by atoms with Crippen LogP contribution in [0.15, 0.2) is 0 Å². The molecular weight excluding hydrogens is 303 g/mol. The smallest absolute Gasteiger partial charge is 0.544 e. The van der Waals surface area contributed by atoms with E-state index in [0.717, 1.165) is 19.3 Å². The summed E-state index contributed by atoms with van der Waals surface area (Å²) >= 11 is 0. The number of hydrogen-bond donors (Lipinski definition) is 2. The zero-order valence-electron chi connectivity index (χ0n) is 15.3. The van der Waals surface area contributed by atoms with Gasteiger partial charge in [-0.3, -0.25) is 0 Å². The first kappa shape index (κ1) is 25.6. The summed E-state index contributed by atoms with van der Waals surface area (Å²) in [5.41, 5.74) is 0. The Hall–Kier alpha value is 0.390. The van der Waals surface area contributed by atoms with E-state index in [0.29, 0.717) is 6.42 Å². The summed E-state index contributed by atoms with van der Waals surface area (Å²) in [5, 5.41) is 28.5. The van der Waals surface area contributed by atoms with Crippen LogP contribution >= 0.6 is 0 Å². The maximum Gasteiger partial charge on any atom is 1.00 e. The molecule has 4 nitrogen and oxygen atoms in total. The first-order valence-corrected chi connectivity index (χ1v) is 9.17. The molecule has 0 aliphatic rings. The molecule has 0 aromatic rings. The van der Waals surface area contributed by atoms with Crippen LogP contribution in [-0.2, 0) is 4.79 Å². The van der Waals surface area contributed by atoms with Crippen molar-refractivity contribution in [1.29, 1.82) is 0 Å². The number of carboxylic acid groups (broad SMARTS) is 1. The number of hydrogen-bond acceptors (Lipinski definition) is 4. The fraction of sp³-hybridized carbons (Fsp3) is 0.944. The van der Waals surface area contributed by atoms with Gasteiger partial charge in [-0.15, -0.1) is 0 Å². The minimum absolute atomic E-state index is 0. The van der Waals surface area contributed by atoms with Gasteiger partial charge < -0.3 is 20.1 Å². The number of carbonyl (C=O) groups is 1. The van der Waals surface area contributed by atoms with Crippen LogP contribution in [0.3, 0.4) is 0 Å². The van der Waals surface area contributed by atoms with Crippen LogP contribution in [0.2, 0.25) is 0 Å². The molecule has 0 spiro atoms. The molecule has 0 aromatic carbocycles. The van der Waals surface area contributed by atoms with E-state index in [1.165, 1.54) is 64.2 Å². The Morgan fingerprint density at radius 1 is 0.739 bits per heavy atom. The zero-order chi connectivity index (χ0) is 16.7. The van der Waals surface area contributed by atoms with E-state index in [4.69, 9.17) is 10.2 Å². The summed E-state index contributed by atoms with van der Waals surface area (Å²) in [6.45, 7) is 2.24. The van der Waals surface area contributed by atoms with Gasteiger partial charge in [0.2, 0.25) is 5.79 Å². The van der Waals surface area contributed by atoms with Crippen molar-refractivity contribution in [3.63, 3.8) is 0 Å². The number of carboxylic acids is 1. The molecule has 0 amide bonds. The van der Waals surface area contributed by atoms with E-state index in [2.05, 4.69) is 6.92 Å². The first-order valence-electron chi connectivity index (χ1n) is 9.17. The van der Waals surface area contributed by atoms with Gasteiger partial charge in [0.1, 0.15) is 5.97 Å². The van der Waals surface area contributed by atoms with E-state index < -0.39 is 11.8 Å². The van der Waals surface area contributed by atoms with Gasteiger partial charge in [-0.05, 0) is 6.42 Å². The second-order valence-corrected chi connectivity index (χ2v) is 6.45. The molecule has 0 saturated heterocycles. The molecule has 2 N–H and O–H groups in total. The van der Waals surface area contributed by atoms with Crippen LogP contribution in [0, 0.1) is 0 Å². The predicted octanol–water partition coefficient (Wildman–Crippen LogP) is 0.293.